The average molecular weight is 470 g/mol. The van der Waals surface area contributed by atoms with Gasteiger partial charge in [0.15, 0.2) is 0 Å². The van der Waals surface area contributed by atoms with Crippen LogP contribution in [0.15, 0.2) is 45.0 Å². The van der Waals surface area contributed by atoms with E-state index in [9.17, 15) is 8.42 Å². The molecule has 0 radical (unpaired) electrons. The molecule has 3 N–H and O–H groups in total. The van der Waals surface area contributed by atoms with Crippen molar-refractivity contribution in [3.63, 3.8) is 0 Å². The van der Waals surface area contributed by atoms with E-state index >= 15 is 0 Å². The van der Waals surface area contributed by atoms with Gasteiger partial charge in [-0.15, -0.1) is 0 Å². The fourth-order valence-corrected chi connectivity index (χ4v) is 3.56. The van der Waals surface area contributed by atoms with Gasteiger partial charge in [0.2, 0.25) is 0 Å². The molecule has 0 spiro atoms. The van der Waals surface area contributed by atoms with E-state index in [4.69, 9.17) is 21.2 Å². The van der Waals surface area contributed by atoms with Crippen molar-refractivity contribution < 1.29 is 32.2 Å². The molecule has 5 nitrogen and oxygen atoms in total. The summed E-state index contributed by atoms with van der Waals surface area (Å²) in [7, 11) is -3.81. The van der Waals surface area contributed by atoms with E-state index in [-0.39, 0.29) is 9.94 Å². The van der Waals surface area contributed by atoms with Crippen LogP contribution < -0.4 is 10.5 Å². The van der Waals surface area contributed by atoms with E-state index in [1.165, 1.54) is 16.7 Å². The molecule has 102 valence electrons. The first-order valence-electron chi connectivity index (χ1n) is 4.70. The molecule has 0 unspecified atom stereocenters. The van der Waals surface area contributed by atoms with Crippen LogP contribution in [-0.4, -0.2) is 12.8 Å². The fraction of sp³-hybridized carbons (Fsp3) is 0.100. The summed E-state index contributed by atoms with van der Waals surface area (Å²) in [6.07, 6.45) is 4.51. The number of nitrogens with two attached hydrogens (primary N) is 1. The van der Waals surface area contributed by atoms with Gasteiger partial charge in [0.1, 0.15) is 0 Å². The van der Waals surface area contributed by atoms with Crippen molar-refractivity contribution in [3.8, 4) is 0 Å². The Kier molecular flexibility index (Phi) is 6.02. The number of sulfonamides is 1. The van der Waals surface area contributed by atoms with Crippen molar-refractivity contribution in [1.29, 1.82) is 0 Å². The Morgan fingerprint density at radius 3 is 2.83 bits per heavy atom. The summed E-state index contributed by atoms with van der Waals surface area (Å²) < 4.78 is 28.7. The van der Waals surface area contributed by atoms with E-state index in [1.807, 2.05) is 6.07 Å². The molecule has 0 atom stereocenters. The molecule has 1 rings (SSSR count). The summed E-state index contributed by atoms with van der Waals surface area (Å²) in [6, 6.07) is 3.59. The third kappa shape index (κ3) is 4.90. The van der Waals surface area contributed by atoms with Gasteiger partial charge in [-0.3, -0.25) is 0 Å². The Bertz CT molecular complexity index is 564. The van der Waals surface area contributed by atoms with E-state index < -0.39 is 10.0 Å². The summed E-state index contributed by atoms with van der Waals surface area (Å²) >= 11 is 7.57. The summed E-state index contributed by atoms with van der Waals surface area (Å²) in [5.41, 5.74) is 0. The van der Waals surface area contributed by atoms with E-state index in [2.05, 4.69) is 5.32 Å². The predicted molar refractivity (Wildman–Crippen MR) is 66.7 cm³/mol. The zero-order chi connectivity index (χ0) is 13.6. The van der Waals surface area contributed by atoms with Crippen LogP contribution in [0.1, 0.15) is 5.76 Å². The van der Waals surface area contributed by atoms with Crippen LogP contribution in [-0.2, 0) is 35.9 Å². The van der Waals surface area contributed by atoms with E-state index in [0.717, 1.165) is 5.76 Å². The molecule has 0 fully saturated rings. The third-order valence-corrected chi connectivity index (χ3v) is 4.31. The average Bonchev–Trinajstić information content (AvgIpc) is 2.76. The molecule has 1 heterocycles. The molecule has 0 aliphatic carbocycles. The first kappa shape index (κ1) is 15.4. The second-order valence-corrected chi connectivity index (χ2v) is 5.74. The van der Waals surface area contributed by atoms with Gasteiger partial charge in [0.25, 0.3) is 0 Å². The first-order chi connectivity index (χ1) is 8.45. The maximum absolute atomic E-state index is 11.2. The Labute approximate surface area is 121 Å². The van der Waals surface area contributed by atoms with Crippen LogP contribution in [0.5, 0.6) is 0 Å². The van der Waals surface area contributed by atoms with Crippen molar-refractivity contribution in [1.82, 2.24) is 5.32 Å². The summed E-state index contributed by atoms with van der Waals surface area (Å²) in [6.45, 7) is 0.479. The summed E-state index contributed by atoms with van der Waals surface area (Å²) in [4.78, 5) is -0.123. The van der Waals surface area contributed by atoms with Crippen LogP contribution in [0.25, 0.3) is 0 Å². The van der Waals surface area contributed by atoms with Gasteiger partial charge in [0.05, 0.1) is 0 Å². The number of hydrogen-bond acceptors (Lipinski definition) is 4. The van der Waals surface area contributed by atoms with Gasteiger partial charge in [-0.05, 0) is 0 Å². The van der Waals surface area contributed by atoms with Crippen LogP contribution >= 0.6 is 11.6 Å². The second kappa shape index (κ2) is 7.04. The molecule has 1 aromatic rings. The van der Waals surface area contributed by atoms with Gasteiger partial charge in [-0.2, -0.15) is 0 Å². The van der Waals surface area contributed by atoms with Crippen molar-refractivity contribution >= 4 is 26.0 Å². The molecule has 1 aromatic heterocycles. The summed E-state index contributed by atoms with van der Waals surface area (Å²) in [5.74, 6) is 0.756. The molecule has 0 saturated heterocycles. The molecule has 0 bridgehead atoms. The molecule has 0 aliphatic heterocycles. The number of hydrogen-bond donors (Lipinski definition) is 2. The van der Waals surface area contributed by atoms with Gasteiger partial charge >= 0.3 is 122 Å². The van der Waals surface area contributed by atoms with Crippen molar-refractivity contribution in [2.45, 2.75) is 6.54 Å². The van der Waals surface area contributed by atoms with E-state index in [0.29, 0.717) is 6.54 Å². The van der Waals surface area contributed by atoms with Crippen LogP contribution in [0.4, 0.5) is 0 Å². The van der Waals surface area contributed by atoms with Crippen LogP contribution in [0.3, 0.4) is 0 Å². The van der Waals surface area contributed by atoms with Gasteiger partial charge < -0.3 is 0 Å². The molecular weight excluding hydrogens is 459 g/mol. The standard InChI is InChI=1S/C10H11ClN2O3S.Pt/c1-8(17(12,14)15)10(11)4-5-13-7-9-3-2-6-16-9;/h1-6,13H,7H2,(H2,12,14,15);/b5-4?,10-8-;. The Morgan fingerprint density at radius 1 is 1.61 bits per heavy atom. The van der Waals surface area contributed by atoms with Crippen molar-refractivity contribution in [2.75, 3.05) is 0 Å². The normalized spacial score (nSPS) is 13.6. The van der Waals surface area contributed by atoms with Crippen LogP contribution in [0, 0.1) is 0 Å². The molecule has 18 heavy (non-hydrogen) atoms. The van der Waals surface area contributed by atoms with E-state index in [1.54, 1.807) is 31.7 Å². The maximum atomic E-state index is 11.2. The second-order valence-electron chi connectivity index (χ2n) is 3.14. The number of allylic oxidation sites excluding steroid dienone is 3. The topological polar surface area (TPSA) is 85.3 Å². The van der Waals surface area contributed by atoms with Crippen molar-refractivity contribution in [3.05, 3.63) is 46.4 Å². The van der Waals surface area contributed by atoms with Gasteiger partial charge in [-0.1, -0.05) is 0 Å². The van der Waals surface area contributed by atoms with Gasteiger partial charge in [-0.25, -0.2) is 0 Å². The summed E-state index contributed by atoms with van der Waals surface area (Å²) in [5, 5.41) is 7.94. The Morgan fingerprint density at radius 2 is 2.33 bits per heavy atom. The number of halogens is 1. The minimum atomic E-state index is -3.81. The molecule has 0 aliphatic rings. The molecule has 8 heteroatoms. The number of furan rings is 1. The predicted octanol–water partition coefficient (Wildman–Crippen LogP) is 0.971. The van der Waals surface area contributed by atoms with Crippen molar-refractivity contribution in [2.24, 2.45) is 5.14 Å². The van der Waals surface area contributed by atoms with Crippen LogP contribution in [0.2, 0.25) is 0 Å². The van der Waals surface area contributed by atoms with Gasteiger partial charge in [0, 0.05) is 0 Å². The minimum absolute atomic E-state index is 0.0412. The third-order valence-electron chi connectivity index (χ3n) is 1.83. The quantitative estimate of drug-likeness (QED) is 0.608. The SMILES string of the molecule is NS(=O)(=O)/C([CH]=[Pt])=C(\Cl)C=CNCc1ccco1. The fourth-order valence-electron chi connectivity index (χ4n) is 1.02. The molecule has 0 amide bonds. The zero-order valence-electron chi connectivity index (χ0n) is 9.08. The molecular formula is C10H11ClN2O3PtS. The monoisotopic (exact) mass is 469 g/mol. The number of primary sulfonamides is 1. The Hall–Kier alpha value is -0.682. The first-order valence-corrected chi connectivity index (χ1v) is 7.93. The Balaban J connectivity index is 2.66. The molecule has 0 saturated carbocycles. The number of rotatable bonds is 6. The number of nitrogens with one attached hydrogen (secondary N) is 1. The zero-order valence-corrected chi connectivity index (χ0v) is 12.9. The molecule has 0 aromatic carbocycles.